The molecule has 150 valence electrons. The summed E-state index contributed by atoms with van der Waals surface area (Å²) in [5.74, 6) is 0.851. The van der Waals surface area contributed by atoms with E-state index in [2.05, 4.69) is 17.9 Å². The first-order chi connectivity index (χ1) is 12.8. The number of methoxy groups -OCH3 is 1. The molecule has 2 heterocycles. The number of amides is 1. The fourth-order valence-electron chi connectivity index (χ4n) is 4.14. The number of ether oxygens (including phenoxy) is 3. The normalized spacial score (nSPS) is 24.1. The van der Waals surface area contributed by atoms with E-state index in [9.17, 15) is 4.79 Å². The molecule has 1 aromatic carbocycles. The highest BCUT2D eigenvalue weighted by Gasteiger charge is 2.43. The standard InChI is InChI=1S/C21H32N2O4/c1-15-16(7-6-8-18(15)25-5)19-17(22-11-13-26-14-12-22)9-10-23(19)20(24)27-21(2,3)4/h6-8,17,19H,9-14H2,1-5H3/t17-,19-/m1/s1. The Morgan fingerprint density at radius 3 is 2.52 bits per heavy atom. The molecule has 3 rings (SSSR count). The van der Waals surface area contributed by atoms with Crippen molar-refractivity contribution in [2.45, 2.75) is 51.8 Å². The van der Waals surface area contributed by atoms with Crippen LogP contribution >= 0.6 is 0 Å². The van der Waals surface area contributed by atoms with Gasteiger partial charge >= 0.3 is 6.09 Å². The van der Waals surface area contributed by atoms with Gasteiger partial charge in [-0.15, -0.1) is 0 Å². The van der Waals surface area contributed by atoms with Crippen LogP contribution in [0.25, 0.3) is 0 Å². The summed E-state index contributed by atoms with van der Waals surface area (Å²) < 4.78 is 16.8. The van der Waals surface area contributed by atoms with E-state index in [0.717, 1.165) is 49.6 Å². The minimum absolute atomic E-state index is 0.0481. The Labute approximate surface area is 162 Å². The molecular weight excluding hydrogens is 344 g/mol. The topological polar surface area (TPSA) is 51.2 Å². The summed E-state index contributed by atoms with van der Waals surface area (Å²) >= 11 is 0. The second-order valence-electron chi connectivity index (χ2n) is 8.30. The molecule has 0 saturated carbocycles. The van der Waals surface area contributed by atoms with Gasteiger partial charge in [0.25, 0.3) is 0 Å². The third-order valence-corrected chi connectivity index (χ3v) is 5.37. The predicted octanol–water partition coefficient (Wildman–Crippen LogP) is 3.39. The smallest absolute Gasteiger partial charge is 0.410 e. The van der Waals surface area contributed by atoms with Crippen LogP contribution in [0.1, 0.15) is 44.4 Å². The maximum absolute atomic E-state index is 13.0. The molecule has 0 radical (unpaired) electrons. The van der Waals surface area contributed by atoms with Crippen LogP contribution in [0.3, 0.4) is 0 Å². The Hall–Kier alpha value is -1.79. The molecule has 0 unspecified atom stereocenters. The number of carbonyl (C=O) groups excluding carboxylic acids is 1. The van der Waals surface area contributed by atoms with Crippen molar-refractivity contribution in [1.82, 2.24) is 9.80 Å². The number of hydrogen-bond acceptors (Lipinski definition) is 5. The SMILES string of the molecule is COc1cccc([C@@H]2[C@H](N3CCOCC3)CCN2C(=O)OC(C)(C)C)c1C. The van der Waals surface area contributed by atoms with Crippen molar-refractivity contribution in [1.29, 1.82) is 0 Å². The van der Waals surface area contributed by atoms with Gasteiger partial charge in [-0.25, -0.2) is 4.79 Å². The zero-order valence-corrected chi connectivity index (χ0v) is 17.2. The molecule has 0 aliphatic carbocycles. The van der Waals surface area contributed by atoms with Gasteiger partial charge in [-0.1, -0.05) is 12.1 Å². The molecule has 2 aliphatic heterocycles. The summed E-state index contributed by atoms with van der Waals surface area (Å²) in [6.45, 7) is 11.8. The van der Waals surface area contributed by atoms with Crippen LogP contribution in [0.4, 0.5) is 4.79 Å². The van der Waals surface area contributed by atoms with Crippen molar-refractivity contribution in [3.8, 4) is 5.75 Å². The molecule has 2 atom stereocenters. The number of hydrogen-bond donors (Lipinski definition) is 0. The van der Waals surface area contributed by atoms with Gasteiger partial charge in [0, 0.05) is 25.7 Å². The molecule has 1 amide bonds. The zero-order valence-electron chi connectivity index (χ0n) is 17.2. The minimum Gasteiger partial charge on any atom is -0.496 e. The van der Waals surface area contributed by atoms with Gasteiger partial charge in [-0.2, -0.15) is 0 Å². The average molecular weight is 376 g/mol. The van der Waals surface area contributed by atoms with E-state index in [1.807, 2.05) is 37.8 Å². The van der Waals surface area contributed by atoms with Crippen molar-refractivity contribution in [2.75, 3.05) is 40.0 Å². The highest BCUT2D eigenvalue weighted by Crippen LogP contribution is 2.40. The Bertz CT molecular complexity index is 665. The minimum atomic E-state index is -0.512. The Kier molecular flexibility index (Phi) is 5.96. The lowest BCUT2D eigenvalue weighted by Gasteiger charge is -2.38. The fraction of sp³-hybridized carbons (Fsp3) is 0.667. The summed E-state index contributed by atoms with van der Waals surface area (Å²) in [5, 5.41) is 0. The van der Waals surface area contributed by atoms with Crippen LogP contribution in [0.2, 0.25) is 0 Å². The summed E-state index contributed by atoms with van der Waals surface area (Å²) in [4.78, 5) is 17.3. The Balaban J connectivity index is 1.95. The molecular formula is C21H32N2O4. The maximum atomic E-state index is 13.0. The van der Waals surface area contributed by atoms with E-state index in [0.29, 0.717) is 6.54 Å². The summed E-state index contributed by atoms with van der Waals surface area (Å²) in [6.07, 6.45) is 0.686. The first-order valence-electron chi connectivity index (χ1n) is 9.77. The van der Waals surface area contributed by atoms with Gasteiger partial charge in [0.2, 0.25) is 0 Å². The van der Waals surface area contributed by atoms with Gasteiger partial charge in [-0.3, -0.25) is 9.80 Å². The van der Waals surface area contributed by atoms with Gasteiger partial charge < -0.3 is 14.2 Å². The summed E-state index contributed by atoms with van der Waals surface area (Å²) in [6, 6.07) is 6.29. The van der Waals surface area contributed by atoms with Crippen LogP contribution in [0, 0.1) is 6.92 Å². The van der Waals surface area contributed by atoms with Gasteiger partial charge in [0.15, 0.2) is 0 Å². The van der Waals surface area contributed by atoms with Crippen molar-refractivity contribution >= 4 is 6.09 Å². The lowest BCUT2D eigenvalue weighted by molar-refractivity contribution is -0.00135. The van der Waals surface area contributed by atoms with E-state index in [1.165, 1.54) is 0 Å². The van der Waals surface area contributed by atoms with Gasteiger partial charge in [0.1, 0.15) is 11.4 Å². The van der Waals surface area contributed by atoms with Crippen LogP contribution in [0.15, 0.2) is 18.2 Å². The van der Waals surface area contributed by atoms with Crippen LogP contribution in [-0.4, -0.2) is 67.5 Å². The zero-order chi connectivity index (χ0) is 19.6. The largest absolute Gasteiger partial charge is 0.496 e. The van der Waals surface area contributed by atoms with Crippen molar-refractivity contribution in [3.63, 3.8) is 0 Å². The molecule has 6 heteroatoms. The molecule has 0 aromatic heterocycles. The van der Waals surface area contributed by atoms with E-state index in [1.54, 1.807) is 7.11 Å². The molecule has 6 nitrogen and oxygen atoms in total. The number of carbonyl (C=O) groups is 1. The third kappa shape index (κ3) is 4.38. The molecule has 2 fully saturated rings. The summed E-state index contributed by atoms with van der Waals surface area (Å²) in [7, 11) is 1.69. The van der Waals surface area contributed by atoms with Crippen LogP contribution in [0.5, 0.6) is 5.75 Å². The van der Waals surface area contributed by atoms with Crippen molar-refractivity contribution in [2.24, 2.45) is 0 Å². The third-order valence-electron chi connectivity index (χ3n) is 5.37. The number of morpholine rings is 1. The Morgan fingerprint density at radius 1 is 1.19 bits per heavy atom. The van der Waals surface area contributed by atoms with Crippen molar-refractivity contribution < 1.29 is 19.0 Å². The van der Waals surface area contributed by atoms with Crippen LogP contribution in [-0.2, 0) is 9.47 Å². The number of benzene rings is 1. The lowest BCUT2D eigenvalue weighted by Crippen LogP contribution is -2.47. The van der Waals surface area contributed by atoms with E-state index < -0.39 is 5.60 Å². The molecule has 2 aliphatic rings. The molecule has 0 spiro atoms. The van der Waals surface area contributed by atoms with Gasteiger partial charge in [-0.05, 0) is 51.3 Å². The molecule has 2 saturated heterocycles. The maximum Gasteiger partial charge on any atom is 0.410 e. The highest BCUT2D eigenvalue weighted by molar-refractivity contribution is 5.70. The highest BCUT2D eigenvalue weighted by atomic mass is 16.6. The molecule has 1 aromatic rings. The summed E-state index contributed by atoms with van der Waals surface area (Å²) in [5.41, 5.74) is 1.70. The quantitative estimate of drug-likeness (QED) is 0.809. The monoisotopic (exact) mass is 376 g/mol. The second-order valence-corrected chi connectivity index (χ2v) is 8.30. The van der Waals surface area contributed by atoms with Crippen molar-refractivity contribution in [3.05, 3.63) is 29.3 Å². The molecule has 0 bridgehead atoms. The number of rotatable bonds is 3. The van der Waals surface area contributed by atoms with E-state index in [4.69, 9.17) is 14.2 Å². The van der Waals surface area contributed by atoms with Crippen LogP contribution < -0.4 is 4.74 Å². The Morgan fingerprint density at radius 2 is 1.89 bits per heavy atom. The van der Waals surface area contributed by atoms with E-state index >= 15 is 0 Å². The fourth-order valence-corrected chi connectivity index (χ4v) is 4.14. The molecule has 27 heavy (non-hydrogen) atoms. The first-order valence-corrected chi connectivity index (χ1v) is 9.77. The molecule has 0 N–H and O–H groups in total. The lowest BCUT2D eigenvalue weighted by atomic mass is 9.94. The van der Waals surface area contributed by atoms with Gasteiger partial charge in [0.05, 0.1) is 26.4 Å². The number of nitrogens with zero attached hydrogens (tertiary/aromatic N) is 2. The predicted molar refractivity (Wildman–Crippen MR) is 104 cm³/mol. The average Bonchev–Trinajstić information content (AvgIpc) is 3.06. The van der Waals surface area contributed by atoms with E-state index in [-0.39, 0.29) is 18.2 Å². The number of likely N-dealkylation sites (tertiary alicyclic amines) is 1. The first kappa shape index (κ1) is 20.0. The second kappa shape index (κ2) is 8.07.